The third kappa shape index (κ3) is 4.00. The average molecular weight is 376 g/mol. The van der Waals surface area contributed by atoms with Crippen LogP contribution in [0.4, 0.5) is 17.5 Å². The first-order valence-electron chi connectivity index (χ1n) is 7.99. The topological polar surface area (TPSA) is 44.3 Å². The van der Waals surface area contributed by atoms with Crippen LogP contribution < -0.4 is 10.2 Å². The Morgan fingerprint density at radius 2 is 1.96 bits per heavy atom. The normalized spacial score (nSPS) is 15.7. The van der Waals surface area contributed by atoms with Crippen LogP contribution in [-0.4, -0.2) is 47.6 Å². The van der Waals surface area contributed by atoms with E-state index in [9.17, 15) is 0 Å². The van der Waals surface area contributed by atoms with E-state index in [1.807, 2.05) is 24.4 Å². The van der Waals surface area contributed by atoms with E-state index >= 15 is 0 Å². The smallest absolute Gasteiger partial charge is 0.227 e. The van der Waals surface area contributed by atoms with Gasteiger partial charge in [-0.2, -0.15) is 4.98 Å². The number of nitrogens with one attached hydrogen (secondary N) is 1. The Balaban J connectivity index is 1.71. The van der Waals surface area contributed by atoms with Crippen molar-refractivity contribution in [2.45, 2.75) is 13.8 Å². The number of hydrogen-bond acceptors (Lipinski definition) is 5. The maximum atomic E-state index is 4.67. The van der Waals surface area contributed by atoms with Crippen LogP contribution in [0.5, 0.6) is 0 Å². The molecule has 1 N–H and O–H groups in total. The standard InChI is InChI=1S/C17H22BrN5/c1-3-22-8-10-23(11-9-22)17-19-7-6-16(21-17)20-14-4-5-15(18)13(2)12-14/h4-7,12H,3,8-11H2,1-2H3,(H,19,20,21). The molecule has 3 rings (SSSR count). The second-order valence-corrected chi connectivity index (χ2v) is 6.61. The predicted octanol–water partition coefficient (Wildman–Crippen LogP) is 3.43. The maximum absolute atomic E-state index is 4.67. The van der Waals surface area contributed by atoms with E-state index in [1.54, 1.807) is 0 Å². The van der Waals surface area contributed by atoms with Crippen molar-refractivity contribution < 1.29 is 0 Å². The lowest BCUT2D eigenvalue weighted by molar-refractivity contribution is 0.270. The summed E-state index contributed by atoms with van der Waals surface area (Å²) in [5.74, 6) is 1.63. The molecule has 6 heteroatoms. The van der Waals surface area contributed by atoms with Crippen LogP contribution in [0.3, 0.4) is 0 Å². The fraction of sp³-hybridized carbons (Fsp3) is 0.412. The first-order valence-corrected chi connectivity index (χ1v) is 8.78. The van der Waals surface area contributed by atoms with Crippen LogP contribution in [0, 0.1) is 6.92 Å². The molecule has 1 saturated heterocycles. The fourth-order valence-corrected chi connectivity index (χ4v) is 2.95. The Hall–Kier alpha value is -1.66. The highest BCUT2D eigenvalue weighted by Crippen LogP contribution is 2.23. The zero-order chi connectivity index (χ0) is 16.2. The number of aromatic nitrogens is 2. The van der Waals surface area contributed by atoms with Gasteiger partial charge in [0, 0.05) is 42.5 Å². The fourth-order valence-electron chi connectivity index (χ4n) is 2.70. The Morgan fingerprint density at radius 3 is 2.65 bits per heavy atom. The molecule has 0 aliphatic carbocycles. The van der Waals surface area contributed by atoms with Crippen molar-refractivity contribution in [2.75, 3.05) is 42.9 Å². The van der Waals surface area contributed by atoms with Crippen molar-refractivity contribution in [3.05, 3.63) is 40.5 Å². The van der Waals surface area contributed by atoms with Crippen LogP contribution in [0.15, 0.2) is 34.9 Å². The Morgan fingerprint density at radius 1 is 1.17 bits per heavy atom. The highest BCUT2D eigenvalue weighted by molar-refractivity contribution is 9.10. The molecule has 2 heterocycles. The SMILES string of the molecule is CCN1CCN(c2nccc(Nc3ccc(Br)c(C)c3)n2)CC1. The zero-order valence-electron chi connectivity index (χ0n) is 13.6. The van der Waals surface area contributed by atoms with Crippen LogP contribution >= 0.6 is 15.9 Å². The summed E-state index contributed by atoms with van der Waals surface area (Å²) in [5.41, 5.74) is 2.23. The summed E-state index contributed by atoms with van der Waals surface area (Å²) in [6.07, 6.45) is 1.82. The number of halogens is 1. The number of anilines is 3. The molecular formula is C17H22BrN5. The molecule has 122 valence electrons. The molecule has 1 aliphatic heterocycles. The molecule has 0 unspecified atom stereocenters. The lowest BCUT2D eigenvalue weighted by Crippen LogP contribution is -2.46. The minimum atomic E-state index is 0.805. The third-order valence-electron chi connectivity index (χ3n) is 4.18. The summed E-state index contributed by atoms with van der Waals surface area (Å²) in [6.45, 7) is 9.50. The summed E-state index contributed by atoms with van der Waals surface area (Å²) in [5, 5.41) is 3.36. The lowest BCUT2D eigenvalue weighted by atomic mass is 10.2. The van der Waals surface area contributed by atoms with Crippen molar-refractivity contribution in [3.63, 3.8) is 0 Å². The van der Waals surface area contributed by atoms with E-state index in [0.717, 1.165) is 54.7 Å². The second-order valence-electron chi connectivity index (χ2n) is 5.75. The van der Waals surface area contributed by atoms with E-state index < -0.39 is 0 Å². The van der Waals surface area contributed by atoms with E-state index in [2.05, 4.69) is 60.9 Å². The predicted molar refractivity (Wildman–Crippen MR) is 98.5 cm³/mol. The van der Waals surface area contributed by atoms with Gasteiger partial charge in [0.25, 0.3) is 0 Å². The summed E-state index contributed by atoms with van der Waals surface area (Å²) in [7, 11) is 0. The molecule has 0 bridgehead atoms. The zero-order valence-corrected chi connectivity index (χ0v) is 15.2. The maximum Gasteiger partial charge on any atom is 0.227 e. The van der Waals surface area contributed by atoms with E-state index in [1.165, 1.54) is 5.56 Å². The first-order chi connectivity index (χ1) is 11.2. The van der Waals surface area contributed by atoms with Crippen LogP contribution in [0.1, 0.15) is 12.5 Å². The number of nitrogens with zero attached hydrogens (tertiary/aromatic N) is 4. The number of hydrogen-bond donors (Lipinski definition) is 1. The van der Waals surface area contributed by atoms with Crippen molar-refractivity contribution in [1.29, 1.82) is 0 Å². The minimum absolute atomic E-state index is 0.805. The molecule has 5 nitrogen and oxygen atoms in total. The Labute approximate surface area is 145 Å². The van der Waals surface area contributed by atoms with Gasteiger partial charge in [-0.1, -0.05) is 22.9 Å². The van der Waals surface area contributed by atoms with Crippen LogP contribution in [-0.2, 0) is 0 Å². The number of aryl methyl sites for hydroxylation is 1. The number of rotatable bonds is 4. The molecule has 1 fully saturated rings. The highest BCUT2D eigenvalue weighted by Gasteiger charge is 2.17. The summed E-state index contributed by atoms with van der Waals surface area (Å²) < 4.78 is 1.11. The molecule has 1 aromatic carbocycles. The summed E-state index contributed by atoms with van der Waals surface area (Å²) in [4.78, 5) is 13.8. The van der Waals surface area contributed by atoms with Crippen molar-refractivity contribution >= 4 is 33.4 Å². The summed E-state index contributed by atoms with van der Waals surface area (Å²) in [6, 6.07) is 8.09. The highest BCUT2D eigenvalue weighted by atomic mass is 79.9. The van der Waals surface area contributed by atoms with Crippen LogP contribution in [0.2, 0.25) is 0 Å². The molecule has 0 atom stereocenters. The average Bonchev–Trinajstić information content (AvgIpc) is 2.58. The van der Waals surface area contributed by atoms with Gasteiger partial charge in [0.15, 0.2) is 0 Å². The van der Waals surface area contributed by atoms with Gasteiger partial charge in [-0.05, 0) is 43.3 Å². The van der Waals surface area contributed by atoms with Gasteiger partial charge in [-0.15, -0.1) is 0 Å². The molecule has 0 amide bonds. The molecular weight excluding hydrogens is 354 g/mol. The number of likely N-dealkylation sites (N-methyl/N-ethyl adjacent to an activating group) is 1. The van der Waals surface area contributed by atoms with Gasteiger partial charge in [-0.25, -0.2) is 4.98 Å². The summed E-state index contributed by atoms with van der Waals surface area (Å²) >= 11 is 3.53. The Kier molecular flexibility index (Phi) is 5.13. The molecule has 1 aromatic heterocycles. The van der Waals surface area contributed by atoms with Crippen molar-refractivity contribution in [2.24, 2.45) is 0 Å². The first kappa shape index (κ1) is 16.2. The van der Waals surface area contributed by atoms with E-state index in [4.69, 9.17) is 0 Å². The Bertz CT molecular complexity index is 668. The van der Waals surface area contributed by atoms with E-state index in [-0.39, 0.29) is 0 Å². The van der Waals surface area contributed by atoms with E-state index in [0.29, 0.717) is 0 Å². The van der Waals surface area contributed by atoms with Crippen molar-refractivity contribution in [1.82, 2.24) is 14.9 Å². The molecule has 1 aliphatic rings. The molecule has 0 spiro atoms. The molecule has 2 aromatic rings. The van der Waals surface area contributed by atoms with Gasteiger partial charge in [0.1, 0.15) is 5.82 Å². The molecule has 0 saturated carbocycles. The third-order valence-corrected chi connectivity index (χ3v) is 5.07. The van der Waals surface area contributed by atoms with Gasteiger partial charge < -0.3 is 15.1 Å². The van der Waals surface area contributed by atoms with Gasteiger partial charge >= 0.3 is 0 Å². The van der Waals surface area contributed by atoms with Gasteiger partial charge in [-0.3, -0.25) is 0 Å². The molecule has 23 heavy (non-hydrogen) atoms. The lowest BCUT2D eigenvalue weighted by Gasteiger charge is -2.34. The van der Waals surface area contributed by atoms with Crippen molar-refractivity contribution in [3.8, 4) is 0 Å². The molecule has 0 radical (unpaired) electrons. The second kappa shape index (κ2) is 7.27. The van der Waals surface area contributed by atoms with Crippen LogP contribution in [0.25, 0.3) is 0 Å². The number of benzene rings is 1. The number of piperazine rings is 1. The van der Waals surface area contributed by atoms with Gasteiger partial charge in [0.05, 0.1) is 0 Å². The largest absolute Gasteiger partial charge is 0.340 e. The minimum Gasteiger partial charge on any atom is -0.340 e. The van der Waals surface area contributed by atoms with Gasteiger partial charge in [0.2, 0.25) is 5.95 Å². The quantitative estimate of drug-likeness (QED) is 0.886. The monoisotopic (exact) mass is 375 g/mol.